The molecule has 6 rings (SSSR count). The van der Waals surface area contributed by atoms with Crippen LogP contribution < -0.4 is 9.47 Å². The Morgan fingerprint density at radius 1 is 0.594 bits per heavy atom. The molecular weight excluding hydrogens is 427 g/mol. The Kier molecular flexibility index (Phi) is 4.77. The molecule has 0 heterocycles. The lowest BCUT2D eigenvalue weighted by atomic mass is 9.61. The molecule has 3 aromatic carbocycles. The quantitative estimate of drug-likeness (QED) is 0.211. The average molecular weight is 442 g/mol. The molecule has 162 valence electrons. The van der Waals surface area contributed by atoms with E-state index >= 15 is 0 Å². The molecular formula is C25H15F5O2. The summed E-state index contributed by atoms with van der Waals surface area (Å²) in [4.78, 5) is 0. The van der Waals surface area contributed by atoms with E-state index in [0.29, 0.717) is 0 Å². The highest BCUT2D eigenvalue weighted by Gasteiger charge is 2.41. The number of hydrogen-bond acceptors (Lipinski definition) is 2. The molecule has 0 spiro atoms. The van der Waals surface area contributed by atoms with Crippen molar-refractivity contribution in [2.24, 2.45) is 0 Å². The van der Waals surface area contributed by atoms with Crippen molar-refractivity contribution in [3.8, 4) is 11.5 Å². The van der Waals surface area contributed by atoms with Gasteiger partial charge in [0.25, 0.3) is 0 Å². The van der Waals surface area contributed by atoms with E-state index in [0.717, 1.165) is 40.3 Å². The van der Waals surface area contributed by atoms with Crippen LogP contribution in [0.1, 0.15) is 52.1 Å². The molecule has 2 atom stereocenters. The molecule has 0 amide bonds. The summed E-state index contributed by atoms with van der Waals surface area (Å²) in [6, 6.07) is 14.3. The van der Waals surface area contributed by atoms with Gasteiger partial charge < -0.3 is 9.47 Å². The standard InChI is InChI=1S/C25H15F5O2/c1-12(26)24(29)31-13-6-8-17-19(10-13)21-15-4-2-3-5-16(15)22(17)20-11-14(7-9-18(20)21)32-25(30)23(27)28/h2-11,21-22H,1H3/b24-12+. The summed E-state index contributed by atoms with van der Waals surface area (Å²) in [5.41, 5.74) is 5.57. The molecule has 2 nitrogen and oxygen atoms in total. The second-order valence-electron chi connectivity index (χ2n) is 7.62. The third-order valence-electron chi connectivity index (χ3n) is 5.81. The molecule has 32 heavy (non-hydrogen) atoms. The fraction of sp³-hybridized carbons (Fsp3) is 0.120. The fourth-order valence-electron chi connectivity index (χ4n) is 4.62. The summed E-state index contributed by atoms with van der Waals surface area (Å²) < 4.78 is 74.8. The SMILES string of the molecule is C/C(F)=C(/F)Oc1ccc2c(c1)C1c3ccccc3C2c2cc(OC(F)=C(F)F)ccc21. The van der Waals surface area contributed by atoms with Gasteiger partial charge in [-0.1, -0.05) is 36.4 Å². The lowest BCUT2D eigenvalue weighted by Crippen LogP contribution is -2.27. The smallest absolute Gasteiger partial charge is 0.344 e. The van der Waals surface area contributed by atoms with E-state index < -0.39 is 23.9 Å². The molecule has 0 saturated carbocycles. The summed E-state index contributed by atoms with van der Waals surface area (Å²) >= 11 is 0. The first-order valence-electron chi connectivity index (χ1n) is 9.80. The zero-order valence-corrected chi connectivity index (χ0v) is 16.6. The Labute approximate surface area is 180 Å². The predicted octanol–water partition coefficient (Wildman–Crippen LogP) is 7.59. The molecule has 0 fully saturated rings. The lowest BCUT2D eigenvalue weighted by molar-refractivity contribution is 0.241. The summed E-state index contributed by atoms with van der Waals surface area (Å²) in [5, 5.41) is 0. The molecule has 3 aliphatic carbocycles. The van der Waals surface area contributed by atoms with Gasteiger partial charge in [0.15, 0.2) is 5.83 Å². The van der Waals surface area contributed by atoms with Gasteiger partial charge >= 0.3 is 18.1 Å². The second-order valence-corrected chi connectivity index (χ2v) is 7.62. The van der Waals surface area contributed by atoms with Gasteiger partial charge in [-0.3, -0.25) is 0 Å². The molecule has 0 radical (unpaired) electrons. The van der Waals surface area contributed by atoms with Gasteiger partial charge in [0.05, 0.1) is 0 Å². The molecule has 7 heteroatoms. The largest absolute Gasteiger partial charge is 0.430 e. The summed E-state index contributed by atoms with van der Waals surface area (Å²) in [6.07, 6.45) is -2.53. The van der Waals surface area contributed by atoms with Gasteiger partial charge in [-0.25, -0.2) is 4.39 Å². The van der Waals surface area contributed by atoms with Crippen molar-refractivity contribution < 1.29 is 31.4 Å². The van der Waals surface area contributed by atoms with Crippen LogP contribution in [0.15, 0.2) is 84.6 Å². The zero-order chi connectivity index (χ0) is 22.6. The van der Waals surface area contributed by atoms with Crippen molar-refractivity contribution >= 4 is 0 Å². The van der Waals surface area contributed by atoms with Crippen LogP contribution in [-0.2, 0) is 0 Å². The topological polar surface area (TPSA) is 18.5 Å². The highest BCUT2D eigenvalue weighted by Crippen LogP contribution is 2.56. The molecule has 3 aliphatic rings. The normalized spacial score (nSPS) is 18.2. The summed E-state index contributed by atoms with van der Waals surface area (Å²) in [7, 11) is 0. The average Bonchev–Trinajstić information content (AvgIpc) is 2.78. The van der Waals surface area contributed by atoms with Gasteiger partial charge in [-0.2, -0.15) is 17.6 Å². The minimum absolute atomic E-state index is 0.0359. The highest BCUT2D eigenvalue weighted by atomic mass is 19.3. The maximum Gasteiger partial charge on any atom is 0.344 e. The van der Waals surface area contributed by atoms with E-state index in [9.17, 15) is 22.0 Å². The van der Waals surface area contributed by atoms with Crippen molar-refractivity contribution in [2.75, 3.05) is 0 Å². The Hall–Kier alpha value is -3.61. The van der Waals surface area contributed by atoms with Gasteiger partial charge in [-0.05, 0) is 64.6 Å². The highest BCUT2D eigenvalue weighted by molar-refractivity contribution is 5.69. The van der Waals surface area contributed by atoms with Gasteiger partial charge in [0.1, 0.15) is 11.5 Å². The van der Waals surface area contributed by atoms with Gasteiger partial charge in [-0.15, -0.1) is 0 Å². The van der Waals surface area contributed by atoms with Crippen LogP contribution in [0, 0.1) is 0 Å². The fourth-order valence-corrected chi connectivity index (χ4v) is 4.62. The number of rotatable bonds is 4. The number of halogens is 5. The molecule has 0 aliphatic heterocycles. The van der Waals surface area contributed by atoms with Crippen LogP contribution in [0.3, 0.4) is 0 Å². The molecule has 2 unspecified atom stereocenters. The van der Waals surface area contributed by atoms with Crippen molar-refractivity contribution in [1.29, 1.82) is 0 Å². The van der Waals surface area contributed by atoms with Gasteiger partial charge in [0, 0.05) is 11.8 Å². The van der Waals surface area contributed by atoms with E-state index in [1.54, 1.807) is 30.3 Å². The van der Waals surface area contributed by atoms with Crippen LogP contribution >= 0.6 is 0 Å². The zero-order valence-electron chi connectivity index (χ0n) is 16.6. The molecule has 2 bridgehead atoms. The Morgan fingerprint density at radius 3 is 1.47 bits per heavy atom. The van der Waals surface area contributed by atoms with Crippen molar-refractivity contribution in [3.05, 3.63) is 118 Å². The minimum atomic E-state index is -2.53. The first-order chi connectivity index (χ1) is 15.3. The van der Waals surface area contributed by atoms with Crippen LogP contribution in [-0.4, -0.2) is 0 Å². The van der Waals surface area contributed by atoms with Gasteiger partial charge in [0.2, 0.25) is 0 Å². The summed E-state index contributed by atoms with van der Waals surface area (Å²) in [6.45, 7) is 0.967. The number of hydrogen-bond donors (Lipinski definition) is 0. The van der Waals surface area contributed by atoms with Crippen LogP contribution in [0.4, 0.5) is 22.0 Å². The third-order valence-corrected chi connectivity index (χ3v) is 5.81. The molecule has 0 N–H and O–H groups in total. The van der Waals surface area contributed by atoms with Crippen molar-refractivity contribution in [3.63, 3.8) is 0 Å². The lowest BCUT2D eigenvalue weighted by Gasteiger charge is -2.42. The van der Waals surface area contributed by atoms with Crippen LogP contribution in [0.5, 0.6) is 11.5 Å². The number of allylic oxidation sites excluding steroid dienone is 1. The number of benzene rings is 3. The number of ether oxygens (including phenoxy) is 2. The first-order valence-corrected chi connectivity index (χ1v) is 9.80. The van der Waals surface area contributed by atoms with Crippen LogP contribution in [0.25, 0.3) is 0 Å². The predicted molar refractivity (Wildman–Crippen MR) is 108 cm³/mol. The first kappa shape index (κ1) is 20.3. The molecule has 0 saturated heterocycles. The minimum Gasteiger partial charge on any atom is -0.430 e. The Balaban J connectivity index is 1.64. The summed E-state index contributed by atoms with van der Waals surface area (Å²) in [5.74, 6) is -1.43. The molecule has 0 aromatic heterocycles. The van der Waals surface area contributed by atoms with E-state index in [1.807, 2.05) is 24.3 Å². The van der Waals surface area contributed by atoms with Crippen molar-refractivity contribution in [1.82, 2.24) is 0 Å². The van der Waals surface area contributed by atoms with Crippen LogP contribution in [0.2, 0.25) is 0 Å². The monoisotopic (exact) mass is 442 g/mol. The maximum atomic E-state index is 13.7. The van der Waals surface area contributed by atoms with E-state index in [2.05, 4.69) is 4.74 Å². The second kappa shape index (κ2) is 7.51. The molecule has 3 aromatic rings. The maximum absolute atomic E-state index is 13.7. The third kappa shape index (κ3) is 3.16. The Morgan fingerprint density at radius 2 is 1.03 bits per heavy atom. The Bertz CT molecular complexity index is 1200. The van der Waals surface area contributed by atoms with E-state index in [-0.39, 0.29) is 23.3 Å². The van der Waals surface area contributed by atoms with Crippen molar-refractivity contribution in [2.45, 2.75) is 18.8 Å². The van der Waals surface area contributed by atoms with E-state index in [1.165, 1.54) is 6.07 Å². The van der Waals surface area contributed by atoms with E-state index in [4.69, 9.17) is 4.74 Å².